The molecule has 0 aliphatic carbocycles. The lowest BCUT2D eigenvalue weighted by atomic mass is 10.0. The first-order valence-corrected chi connectivity index (χ1v) is 14.1. The van der Waals surface area contributed by atoms with Crippen LogP contribution in [0.3, 0.4) is 0 Å². The number of carboxylic acids is 1. The maximum absolute atomic E-state index is 13.8. The topological polar surface area (TPSA) is 135 Å². The second kappa shape index (κ2) is 11.1. The Morgan fingerprint density at radius 1 is 1.23 bits per heavy atom. The van der Waals surface area contributed by atoms with Crippen LogP contribution < -0.4 is 10.1 Å². The number of benzene rings is 1. The Morgan fingerprint density at radius 2 is 1.95 bits per heavy atom. The van der Waals surface area contributed by atoms with E-state index < -0.39 is 64.8 Å². The molecule has 2 amide bonds. The molecule has 2 N–H and O–H groups in total. The maximum Gasteiger partial charge on any atom is 0.352 e. The van der Waals surface area contributed by atoms with Crippen LogP contribution in [0.25, 0.3) is 0 Å². The van der Waals surface area contributed by atoms with Gasteiger partial charge in [-0.25, -0.2) is 13.6 Å². The van der Waals surface area contributed by atoms with Crippen molar-refractivity contribution in [2.24, 2.45) is 0 Å². The number of halogens is 4. The largest absolute Gasteiger partial charge is 0.479 e. The fraction of sp³-hybridized carbons (Fsp3) is 0.261. The second-order valence-electron chi connectivity index (χ2n) is 8.35. The highest BCUT2D eigenvalue weighted by Gasteiger charge is 2.54. The number of carbonyl (C=O) groups is 3. The average Bonchev–Trinajstić information content (AvgIpc) is 3.57. The normalized spacial score (nSPS) is 18.4. The number of carboxylic acid groups (broad SMARTS) is 1. The van der Waals surface area contributed by atoms with Crippen LogP contribution in [0.1, 0.15) is 21.3 Å². The fourth-order valence-corrected chi connectivity index (χ4v) is 7.19. The number of nitrogens with zero attached hydrogens (tertiary/aromatic N) is 3. The predicted octanol–water partition coefficient (Wildman–Crippen LogP) is 3.72. The number of aromatic nitrogens is 2. The number of fused-ring (bicyclic) bond motifs is 1. The Balaban J connectivity index is 1.22. The highest BCUT2D eigenvalue weighted by molar-refractivity contribution is 8.01. The summed E-state index contributed by atoms with van der Waals surface area (Å²) in [6.45, 7) is 1.13. The van der Waals surface area contributed by atoms with Gasteiger partial charge in [0.15, 0.2) is 27.5 Å². The van der Waals surface area contributed by atoms with Crippen molar-refractivity contribution >= 4 is 52.6 Å². The van der Waals surface area contributed by atoms with Gasteiger partial charge in [-0.1, -0.05) is 23.1 Å². The number of aryl methyl sites for hydroxylation is 1. The number of thioether (sulfide) groups is 2. The molecular formula is C23H16F4N4O6S3. The van der Waals surface area contributed by atoms with Crippen molar-refractivity contribution in [3.8, 4) is 5.75 Å². The number of aliphatic carboxylic acids is 1. The van der Waals surface area contributed by atoms with Crippen molar-refractivity contribution in [1.82, 2.24) is 20.4 Å². The summed E-state index contributed by atoms with van der Waals surface area (Å²) in [7, 11) is 0. The molecule has 5 rings (SSSR count). The number of carbonyl (C=O) groups excluding carboxylic acids is 2. The lowest BCUT2D eigenvalue weighted by molar-refractivity contribution is -0.148. The van der Waals surface area contributed by atoms with Gasteiger partial charge >= 0.3 is 5.97 Å². The molecule has 17 heteroatoms. The molecule has 1 aromatic carbocycles. The molecule has 40 heavy (non-hydrogen) atoms. The van der Waals surface area contributed by atoms with Crippen LogP contribution in [-0.4, -0.2) is 60.9 Å². The molecule has 1 saturated heterocycles. The summed E-state index contributed by atoms with van der Waals surface area (Å²) in [6.07, 6.45) is 0. The van der Waals surface area contributed by atoms with Gasteiger partial charge in [0.05, 0.1) is 0 Å². The molecule has 0 spiro atoms. The fourth-order valence-electron chi connectivity index (χ4n) is 3.89. The van der Waals surface area contributed by atoms with E-state index in [4.69, 9.17) is 9.15 Å². The van der Waals surface area contributed by atoms with Crippen LogP contribution in [0.15, 0.2) is 38.2 Å². The van der Waals surface area contributed by atoms with Crippen molar-refractivity contribution in [3.05, 3.63) is 69.3 Å². The Morgan fingerprint density at radius 3 is 2.60 bits per heavy atom. The molecular weight excluding hydrogens is 600 g/mol. The number of amides is 2. The van der Waals surface area contributed by atoms with Gasteiger partial charge in [-0.05, 0) is 24.6 Å². The van der Waals surface area contributed by atoms with Crippen molar-refractivity contribution in [3.63, 3.8) is 0 Å². The number of hydrogen-bond donors (Lipinski definition) is 2. The Bertz CT molecular complexity index is 1530. The number of furan rings is 1. The highest BCUT2D eigenvalue weighted by Crippen LogP contribution is 2.42. The molecule has 2 aliphatic heterocycles. The molecule has 0 saturated carbocycles. The van der Waals surface area contributed by atoms with Crippen LogP contribution in [0.4, 0.5) is 17.6 Å². The van der Waals surface area contributed by atoms with Crippen LogP contribution in [0.2, 0.25) is 0 Å². The summed E-state index contributed by atoms with van der Waals surface area (Å²) in [6, 6.07) is 1.44. The van der Waals surface area contributed by atoms with Gasteiger partial charge in [0.1, 0.15) is 34.5 Å². The van der Waals surface area contributed by atoms with Crippen LogP contribution in [0.5, 0.6) is 5.75 Å². The summed E-state index contributed by atoms with van der Waals surface area (Å²) < 4.78 is 65.0. The predicted molar refractivity (Wildman–Crippen MR) is 134 cm³/mol. The monoisotopic (exact) mass is 616 g/mol. The van der Waals surface area contributed by atoms with E-state index >= 15 is 0 Å². The highest BCUT2D eigenvalue weighted by atomic mass is 32.2. The third kappa shape index (κ3) is 5.27. The van der Waals surface area contributed by atoms with E-state index in [1.165, 1.54) is 47.0 Å². The van der Waals surface area contributed by atoms with Crippen LogP contribution in [-0.2, 0) is 16.2 Å². The number of rotatable bonds is 9. The lowest BCUT2D eigenvalue weighted by Crippen LogP contribution is -2.70. The molecule has 2 unspecified atom stereocenters. The van der Waals surface area contributed by atoms with Gasteiger partial charge in [0.25, 0.3) is 11.8 Å². The zero-order valence-electron chi connectivity index (χ0n) is 20.1. The summed E-state index contributed by atoms with van der Waals surface area (Å²) in [4.78, 5) is 38.7. The average molecular weight is 617 g/mol. The summed E-state index contributed by atoms with van der Waals surface area (Å²) in [5.41, 5.74) is 0.394. The van der Waals surface area contributed by atoms with E-state index in [-0.39, 0.29) is 23.3 Å². The number of hydrogen-bond acceptors (Lipinski definition) is 10. The number of β-lactam (4-membered cyclic amide) rings is 1. The molecule has 0 radical (unpaired) electrons. The minimum absolute atomic E-state index is 0.0381. The van der Waals surface area contributed by atoms with Gasteiger partial charge in [-0.15, -0.1) is 22.0 Å². The third-order valence-electron chi connectivity index (χ3n) is 5.73. The van der Waals surface area contributed by atoms with Gasteiger partial charge in [0.2, 0.25) is 11.6 Å². The van der Waals surface area contributed by atoms with E-state index in [0.717, 1.165) is 9.91 Å². The molecule has 2 aromatic heterocycles. The summed E-state index contributed by atoms with van der Waals surface area (Å²) in [5, 5.41) is 20.3. The van der Waals surface area contributed by atoms with E-state index in [1.807, 2.05) is 0 Å². The van der Waals surface area contributed by atoms with Crippen molar-refractivity contribution < 1.29 is 46.2 Å². The van der Waals surface area contributed by atoms with Crippen molar-refractivity contribution in [1.29, 1.82) is 0 Å². The van der Waals surface area contributed by atoms with Gasteiger partial charge < -0.3 is 19.6 Å². The lowest BCUT2D eigenvalue weighted by Gasteiger charge is -2.49. The smallest absolute Gasteiger partial charge is 0.352 e. The number of ether oxygens (including phenoxy) is 1. The maximum atomic E-state index is 13.8. The first-order chi connectivity index (χ1) is 19.0. The van der Waals surface area contributed by atoms with Gasteiger partial charge in [-0.2, -0.15) is 8.78 Å². The molecule has 2 aliphatic rings. The van der Waals surface area contributed by atoms with Crippen LogP contribution in [0, 0.1) is 30.2 Å². The first kappa shape index (κ1) is 28.0. The quantitative estimate of drug-likeness (QED) is 0.159. The zero-order chi connectivity index (χ0) is 28.7. The molecule has 0 bridgehead atoms. The first-order valence-electron chi connectivity index (χ1n) is 11.2. The Labute approximate surface area is 234 Å². The number of nitrogens with one attached hydrogen (secondary N) is 1. The molecule has 4 heterocycles. The van der Waals surface area contributed by atoms with E-state index in [1.54, 1.807) is 6.92 Å². The van der Waals surface area contributed by atoms with Gasteiger partial charge in [0, 0.05) is 17.6 Å². The molecule has 2 atom stereocenters. The Hall–Kier alpha value is -3.57. The standard InChI is InChI=1S/C23H16F4N4O6S3/c1-8-29-30-23(40-8)39-7-9-6-38-21-16(20(33)31(21)17(9)22(34)35)28-19(32)13-3-2-10(37-13)5-36-18-14(26)11(24)4-12(25)15(18)27/h2-4,16,21H,5-7H2,1H3,(H,28,32)(H,34,35). The molecule has 10 nitrogen and oxygen atoms in total. The van der Waals surface area contributed by atoms with Crippen LogP contribution >= 0.6 is 34.9 Å². The van der Waals surface area contributed by atoms with Gasteiger partial charge in [-0.3, -0.25) is 14.5 Å². The minimum atomic E-state index is -1.73. The minimum Gasteiger partial charge on any atom is -0.479 e. The molecule has 3 aromatic rings. The van der Waals surface area contributed by atoms with E-state index in [9.17, 15) is 37.1 Å². The zero-order valence-corrected chi connectivity index (χ0v) is 22.5. The van der Waals surface area contributed by atoms with Crippen molar-refractivity contribution in [2.75, 3.05) is 11.5 Å². The Kier molecular flexibility index (Phi) is 7.78. The summed E-state index contributed by atoms with van der Waals surface area (Å²) >= 11 is 3.97. The van der Waals surface area contributed by atoms with E-state index in [0.29, 0.717) is 21.4 Å². The molecule has 210 valence electrons. The third-order valence-corrected chi connectivity index (χ3v) is 9.13. The second-order valence-corrected chi connectivity index (χ2v) is 11.9. The van der Waals surface area contributed by atoms with Crippen molar-refractivity contribution in [2.45, 2.75) is 29.3 Å². The molecule has 1 fully saturated rings. The van der Waals surface area contributed by atoms with E-state index in [2.05, 4.69) is 15.5 Å². The SMILES string of the molecule is Cc1nnc(SCC2=C(C(=O)O)N3C(=O)C(NC(=O)c4ccc(COc5c(F)c(F)cc(F)c5F)o4)C3SC2)s1. The summed E-state index contributed by atoms with van der Waals surface area (Å²) in [5.74, 6) is -10.5.